The fourth-order valence-electron chi connectivity index (χ4n) is 1.49. The van der Waals surface area contributed by atoms with Crippen molar-refractivity contribution < 1.29 is 23.4 Å². The zero-order valence-electron chi connectivity index (χ0n) is 9.36. The van der Waals surface area contributed by atoms with Gasteiger partial charge in [0.2, 0.25) is 0 Å². The molecule has 98 valence electrons. The molecule has 2 rings (SSSR count). The minimum absolute atomic E-state index is 0.0320. The quantitative estimate of drug-likeness (QED) is 0.922. The number of hydrogen-bond acceptors (Lipinski definition) is 2. The third kappa shape index (κ3) is 3.00. The number of para-hydroxylation sites is 1. The summed E-state index contributed by atoms with van der Waals surface area (Å²) in [6, 6.07) is 6.66. The summed E-state index contributed by atoms with van der Waals surface area (Å²) in [6.07, 6.45) is 0. The van der Waals surface area contributed by atoms with E-state index < -0.39 is 17.6 Å². The Morgan fingerprint density at radius 1 is 1.16 bits per heavy atom. The molecule has 2 aromatic rings. The Labute approximate surface area is 112 Å². The lowest BCUT2D eigenvalue weighted by Crippen LogP contribution is -2.00. The molecule has 3 nitrogen and oxygen atoms in total. The van der Waals surface area contributed by atoms with Gasteiger partial charge in [0, 0.05) is 18.2 Å². The fourth-order valence-corrected chi connectivity index (χ4v) is 1.70. The number of carboxylic acid groups (broad SMARTS) is 1. The lowest BCUT2D eigenvalue weighted by atomic mass is 10.2. The van der Waals surface area contributed by atoms with Gasteiger partial charge in [0.25, 0.3) is 0 Å². The normalized spacial score (nSPS) is 10.3. The van der Waals surface area contributed by atoms with Gasteiger partial charge in [0.15, 0.2) is 5.75 Å². The van der Waals surface area contributed by atoms with Crippen LogP contribution in [0.25, 0.3) is 0 Å². The van der Waals surface area contributed by atoms with Crippen molar-refractivity contribution >= 4 is 17.6 Å². The third-order valence-corrected chi connectivity index (χ3v) is 2.55. The van der Waals surface area contributed by atoms with Gasteiger partial charge < -0.3 is 9.84 Å². The van der Waals surface area contributed by atoms with Gasteiger partial charge in [-0.3, -0.25) is 0 Å². The minimum Gasteiger partial charge on any atom is -0.478 e. The summed E-state index contributed by atoms with van der Waals surface area (Å²) in [7, 11) is 0. The summed E-state index contributed by atoms with van der Waals surface area (Å²) in [6.45, 7) is 0. The van der Waals surface area contributed by atoms with Gasteiger partial charge in [-0.2, -0.15) is 0 Å². The van der Waals surface area contributed by atoms with E-state index in [9.17, 15) is 13.6 Å². The zero-order valence-corrected chi connectivity index (χ0v) is 10.1. The molecule has 0 aliphatic carbocycles. The van der Waals surface area contributed by atoms with Gasteiger partial charge in [-0.1, -0.05) is 17.7 Å². The van der Waals surface area contributed by atoms with E-state index in [0.29, 0.717) is 6.07 Å². The van der Waals surface area contributed by atoms with Crippen LogP contribution in [0.3, 0.4) is 0 Å². The molecule has 0 aliphatic heterocycles. The van der Waals surface area contributed by atoms with Crippen LogP contribution in [0.5, 0.6) is 11.5 Å². The average Bonchev–Trinajstić information content (AvgIpc) is 2.30. The van der Waals surface area contributed by atoms with Crippen molar-refractivity contribution in [3.63, 3.8) is 0 Å². The molecular formula is C13H7ClF2O3. The second-order valence-electron chi connectivity index (χ2n) is 3.63. The SMILES string of the molecule is O=C(O)c1cccc(Cl)c1Oc1cc(F)cc(F)c1. The van der Waals surface area contributed by atoms with Crippen molar-refractivity contribution in [3.05, 3.63) is 58.6 Å². The summed E-state index contributed by atoms with van der Waals surface area (Å²) < 4.78 is 31.2. The standard InChI is InChI=1S/C13H7ClF2O3/c14-11-3-1-2-10(13(17)18)12(11)19-9-5-7(15)4-8(16)6-9/h1-6H,(H,17,18). The van der Waals surface area contributed by atoms with Gasteiger partial charge >= 0.3 is 5.97 Å². The molecule has 19 heavy (non-hydrogen) atoms. The summed E-state index contributed by atoms with van der Waals surface area (Å²) in [5.41, 5.74) is -0.197. The first-order chi connectivity index (χ1) is 8.97. The van der Waals surface area contributed by atoms with Crippen LogP contribution in [-0.2, 0) is 0 Å². The van der Waals surface area contributed by atoms with Crippen LogP contribution in [0.15, 0.2) is 36.4 Å². The Balaban J connectivity index is 2.45. The number of halogens is 3. The molecule has 2 aromatic carbocycles. The Bertz CT molecular complexity index is 624. The predicted octanol–water partition coefficient (Wildman–Crippen LogP) is 4.11. The van der Waals surface area contributed by atoms with E-state index in [-0.39, 0.29) is 22.1 Å². The Morgan fingerprint density at radius 2 is 1.79 bits per heavy atom. The smallest absolute Gasteiger partial charge is 0.339 e. The van der Waals surface area contributed by atoms with E-state index >= 15 is 0 Å². The van der Waals surface area contributed by atoms with Crippen molar-refractivity contribution in [1.82, 2.24) is 0 Å². The van der Waals surface area contributed by atoms with Crippen molar-refractivity contribution in [2.75, 3.05) is 0 Å². The first kappa shape index (κ1) is 13.3. The number of carbonyl (C=O) groups is 1. The molecule has 0 radical (unpaired) electrons. The van der Waals surface area contributed by atoms with Crippen molar-refractivity contribution in [1.29, 1.82) is 0 Å². The molecule has 0 spiro atoms. The van der Waals surface area contributed by atoms with Crippen LogP contribution in [0, 0.1) is 11.6 Å². The van der Waals surface area contributed by atoms with Gasteiger partial charge in [0.1, 0.15) is 22.9 Å². The maximum atomic E-state index is 13.0. The van der Waals surface area contributed by atoms with E-state index in [2.05, 4.69) is 0 Å². The number of aromatic carboxylic acids is 1. The fraction of sp³-hybridized carbons (Fsp3) is 0. The second-order valence-corrected chi connectivity index (χ2v) is 4.04. The zero-order chi connectivity index (χ0) is 14.0. The van der Waals surface area contributed by atoms with Crippen molar-refractivity contribution in [2.45, 2.75) is 0 Å². The minimum atomic E-state index is -1.26. The summed E-state index contributed by atoms with van der Waals surface area (Å²) >= 11 is 5.83. The number of ether oxygens (including phenoxy) is 1. The van der Waals surface area contributed by atoms with Crippen LogP contribution in [0.2, 0.25) is 5.02 Å². The summed E-state index contributed by atoms with van der Waals surface area (Å²) in [4.78, 5) is 11.0. The van der Waals surface area contributed by atoms with E-state index in [4.69, 9.17) is 21.4 Å². The highest BCUT2D eigenvalue weighted by Gasteiger charge is 2.16. The van der Waals surface area contributed by atoms with E-state index in [1.807, 2.05) is 0 Å². The van der Waals surface area contributed by atoms with E-state index in [0.717, 1.165) is 12.1 Å². The maximum absolute atomic E-state index is 13.0. The van der Waals surface area contributed by atoms with Crippen LogP contribution >= 0.6 is 11.6 Å². The third-order valence-electron chi connectivity index (χ3n) is 2.25. The lowest BCUT2D eigenvalue weighted by molar-refractivity contribution is 0.0694. The first-order valence-electron chi connectivity index (χ1n) is 5.13. The van der Waals surface area contributed by atoms with Crippen molar-refractivity contribution in [2.24, 2.45) is 0 Å². The summed E-state index contributed by atoms with van der Waals surface area (Å²) in [5.74, 6) is -3.26. The highest BCUT2D eigenvalue weighted by molar-refractivity contribution is 6.32. The highest BCUT2D eigenvalue weighted by Crippen LogP contribution is 2.33. The second kappa shape index (κ2) is 5.24. The number of carboxylic acids is 1. The number of benzene rings is 2. The Kier molecular flexibility index (Phi) is 3.66. The molecule has 0 atom stereocenters. The van der Waals surface area contributed by atoms with Gasteiger partial charge in [0.05, 0.1) is 5.02 Å². The molecule has 0 saturated carbocycles. The molecule has 0 fully saturated rings. The summed E-state index contributed by atoms with van der Waals surface area (Å²) in [5, 5.41) is 9.02. The molecule has 0 heterocycles. The molecule has 6 heteroatoms. The molecule has 0 amide bonds. The van der Waals surface area contributed by atoms with Crippen molar-refractivity contribution in [3.8, 4) is 11.5 Å². The average molecular weight is 285 g/mol. The van der Waals surface area contributed by atoms with Gasteiger partial charge in [-0.05, 0) is 12.1 Å². The molecule has 1 N–H and O–H groups in total. The number of rotatable bonds is 3. The monoisotopic (exact) mass is 284 g/mol. The van der Waals surface area contributed by atoms with Crippen LogP contribution in [-0.4, -0.2) is 11.1 Å². The maximum Gasteiger partial charge on any atom is 0.339 e. The van der Waals surface area contributed by atoms with Gasteiger partial charge in [-0.25, -0.2) is 13.6 Å². The Hall–Kier alpha value is -2.14. The number of hydrogen-bond donors (Lipinski definition) is 1. The van der Waals surface area contributed by atoms with Crippen LogP contribution < -0.4 is 4.74 Å². The van der Waals surface area contributed by atoms with E-state index in [1.54, 1.807) is 0 Å². The molecular weight excluding hydrogens is 278 g/mol. The first-order valence-corrected chi connectivity index (χ1v) is 5.51. The highest BCUT2D eigenvalue weighted by atomic mass is 35.5. The largest absolute Gasteiger partial charge is 0.478 e. The lowest BCUT2D eigenvalue weighted by Gasteiger charge is -2.10. The molecule has 0 aliphatic rings. The van der Waals surface area contributed by atoms with Crippen LogP contribution in [0.1, 0.15) is 10.4 Å². The van der Waals surface area contributed by atoms with Gasteiger partial charge in [-0.15, -0.1) is 0 Å². The Morgan fingerprint density at radius 3 is 2.37 bits per heavy atom. The molecule has 0 saturated heterocycles. The predicted molar refractivity (Wildman–Crippen MR) is 64.8 cm³/mol. The molecule has 0 bridgehead atoms. The topological polar surface area (TPSA) is 46.5 Å². The molecule has 0 aromatic heterocycles. The van der Waals surface area contributed by atoms with E-state index in [1.165, 1.54) is 18.2 Å². The van der Waals surface area contributed by atoms with Crippen LogP contribution in [0.4, 0.5) is 8.78 Å². The molecule has 0 unspecified atom stereocenters.